The van der Waals surface area contributed by atoms with Gasteiger partial charge in [-0.15, -0.1) is 0 Å². The van der Waals surface area contributed by atoms with E-state index in [1.165, 1.54) is 12.1 Å². The second kappa shape index (κ2) is 6.37. The number of halogens is 1. The Hall–Kier alpha value is -2.41. The van der Waals surface area contributed by atoms with E-state index in [1.54, 1.807) is 24.0 Å². The highest BCUT2D eigenvalue weighted by atomic mass is 19.1. The van der Waals surface area contributed by atoms with Gasteiger partial charge in [-0.25, -0.2) is 9.18 Å². The highest BCUT2D eigenvalue weighted by molar-refractivity contribution is 5.98. The zero-order valence-electron chi connectivity index (χ0n) is 12.8. The van der Waals surface area contributed by atoms with Crippen LogP contribution in [0.1, 0.15) is 18.5 Å². The third-order valence-electron chi connectivity index (χ3n) is 3.98. The molecular formula is C16H18FN3O3. The summed E-state index contributed by atoms with van der Waals surface area (Å²) in [6.45, 7) is 3.66. The lowest BCUT2D eigenvalue weighted by Crippen LogP contribution is -2.49. The van der Waals surface area contributed by atoms with Crippen LogP contribution in [-0.2, 0) is 9.53 Å². The largest absolute Gasteiger partial charge is 0.378 e. The van der Waals surface area contributed by atoms with E-state index in [4.69, 9.17) is 4.74 Å². The summed E-state index contributed by atoms with van der Waals surface area (Å²) in [7, 11) is 0. The number of urea groups is 1. The van der Waals surface area contributed by atoms with E-state index < -0.39 is 17.9 Å². The highest BCUT2D eigenvalue weighted by Gasteiger charge is 2.34. The van der Waals surface area contributed by atoms with Gasteiger partial charge in [-0.3, -0.25) is 4.79 Å². The van der Waals surface area contributed by atoms with Gasteiger partial charge in [0.1, 0.15) is 5.82 Å². The number of nitrogens with one attached hydrogen (secondary N) is 2. The Labute approximate surface area is 133 Å². The van der Waals surface area contributed by atoms with Crippen molar-refractivity contribution >= 4 is 11.9 Å². The summed E-state index contributed by atoms with van der Waals surface area (Å²) in [6.07, 6.45) is 0. The molecule has 3 rings (SSSR count). The van der Waals surface area contributed by atoms with Crippen molar-refractivity contribution in [1.29, 1.82) is 0 Å². The molecule has 3 amide bonds. The molecule has 0 aromatic heterocycles. The summed E-state index contributed by atoms with van der Waals surface area (Å²) in [4.78, 5) is 26.3. The van der Waals surface area contributed by atoms with Crippen molar-refractivity contribution in [3.05, 3.63) is 46.9 Å². The highest BCUT2D eigenvalue weighted by Crippen LogP contribution is 2.28. The van der Waals surface area contributed by atoms with Crippen LogP contribution in [0.4, 0.5) is 9.18 Å². The van der Waals surface area contributed by atoms with E-state index >= 15 is 0 Å². The maximum absolute atomic E-state index is 13.5. The van der Waals surface area contributed by atoms with Crippen LogP contribution >= 0.6 is 0 Å². The fraction of sp³-hybridized carbons (Fsp3) is 0.375. The van der Waals surface area contributed by atoms with Gasteiger partial charge in [0.15, 0.2) is 0 Å². The molecule has 6 nitrogen and oxygen atoms in total. The Bertz CT molecular complexity index is 668. The predicted octanol–water partition coefficient (Wildman–Crippen LogP) is 1.31. The number of carbonyl (C=O) groups excluding carboxylic acids is 2. The fourth-order valence-electron chi connectivity index (χ4n) is 2.85. The average Bonchev–Trinajstić information content (AvgIpc) is 2.54. The number of amides is 3. The quantitative estimate of drug-likeness (QED) is 0.863. The van der Waals surface area contributed by atoms with E-state index in [0.717, 1.165) is 0 Å². The van der Waals surface area contributed by atoms with Crippen molar-refractivity contribution in [2.45, 2.75) is 13.0 Å². The van der Waals surface area contributed by atoms with Gasteiger partial charge in [0.05, 0.1) is 24.8 Å². The molecule has 1 aromatic carbocycles. The van der Waals surface area contributed by atoms with Gasteiger partial charge in [0, 0.05) is 18.8 Å². The molecule has 2 heterocycles. The number of benzene rings is 1. The molecule has 7 heteroatoms. The van der Waals surface area contributed by atoms with E-state index in [2.05, 4.69) is 10.6 Å². The molecule has 0 aliphatic carbocycles. The van der Waals surface area contributed by atoms with Crippen molar-refractivity contribution in [1.82, 2.24) is 15.5 Å². The van der Waals surface area contributed by atoms with Crippen LogP contribution in [-0.4, -0.2) is 43.1 Å². The Morgan fingerprint density at radius 2 is 2.09 bits per heavy atom. The molecule has 0 bridgehead atoms. The topological polar surface area (TPSA) is 70.7 Å². The van der Waals surface area contributed by atoms with Gasteiger partial charge in [0.2, 0.25) is 0 Å². The first-order valence-electron chi connectivity index (χ1n) is 7.47. The number of carbonyl (C=O) groups is 2. The van der Waals surface area contributed by atoms with Crippen molar-refractivity contribution in [3.8, 4) is 0 Å². The van der Waals surface area contributed by atoms with Crippen LogP contribution in [0.25, 0.3) is 0 Å². The minimum atomic E-state index is -0.671. The van der Waals surface area contributed by atoms with Gasteiger partial charge >= 0.3 is 6.03 Å². The first-order valence-corrected chi connectivity index (χ1v) is 7.47. The second-order valence-corrected chi connectivity index (χ2v) is 5.53. The summed E-state index contributed by atoms with van der Waals surface area (Å²) >= 11 is 0. The smallest absolute Gasteiger partial charge is 0.319 e. The first-order chi connectivity index (χ1) is 11.1. The van der Waals surface area contributed by atoms with Crippen molar-refractivity contribution < 1.29 is 18.7 Å². The lowest BCUT2D eigenvalue weighted by Gasteiger charge is -2.33. The van der Waals surface area contributed by atoms with Crippen LogP contribution < -0.4 is 10.6 Å². The number of rotatable bonds is 2. The van der Waals surface area contributed by atoms with Gasteiger partial charge < -0.3 is 20.3 Å². The molecule has 2 aliphatic rings. The van der Waals surface area contributed by atoms with E-state index in [0.29, 0.717) is 43.1 Å². The Morgan fingerprint density at radius 1 is 1.35 bits per heavy atom. The van der Waals surface area contributed by atoms with Gasteiger partial charge in [-0.1, -0.05) is 12.1 Å². The summed E-state index contributed by atoms with van der Waals surface area (Å²) in [5, 5.41) is 5.33. The van der Waals surface area contributed by atoms with Crippen molar-refractivity contribution in [3.63, 3.8) is 0 Å². The molecule has 122 valence electrons. The molecule has 0 unspecified atom stereocenters. The third kappa shape index (κ3) is 3.19. The van der Waals surface area contributed by atoms with E-state index in [1.807, 2.05) is 0 Å². The zero-order valence-corrected chi connectivity index (χ0v) is 12.8. The number of hydrogen-bond acceptors (Lipinski definition) is 3. The molecule has 1 aromatic rings. The van der Waals surface area contributed by atoms with E-state index in [-0.39, 0.29) is 5.91 Å². The Kier molecular flexibility index (Phi) is 4.29. The molecule has 2 aliphatic heterocycles. The lowest BCUT2D eigenvalue weighted by molar-refractivity contribution is -0.131. The average molecular weight is 319 g/mol. The van der Waals surface area contributed by atoms with Crippen LogP contribution in [0.5, 0.6) is 0 Å². The molecule has 1 atom stereocenters. The molecule has 0 radical (unpaired) electrons. The minimum absolute atomic E-state index is 0.174. The zero-order chi connectivity index (χ0) is 16.4. The molecule has 2 N–H and O–H groups in total. The van der Waals surface area contributed by atoms with Crippen LogP contribution in [0.2, 0.25) is 0 Å². The van der Waals surface area contributed by atoms with E-state index in [9.17, 15) is 14.0 Å². The third-order valence-corrected chi connectivity index (χ3v) is 3.98. The maximum atomic E-state index is 13.5. The Morgan fingerprint density at radius 3 is 2.78 bits per heavy atom. The molecular weight excluding hydrogens is 301 g/mol. The van der Waals surface area contributed by atoms with Crippen LogP contribution in [0.15, 0.2) is 35.5 Å². The number of morpholine rings is 1. The Balaban J connectivity index is 1.97. The van der Waals surface area contributed by atoms with Gasteiger partial charge in [-0.05, 0) is 24.6 Å². The molecule has 1 fully saturated rings. The molecule has 1 saturated heterocycles. The summed E-state index contributed by atoms with van der Waals surface area (Å²) in [5.41, 5.74) is 1.45. The summed E-state index contributed by atoms with van der Waals surface area (Å²) in [6, 6.07) is 4.83. The van der Waals surface area contributed by atoms with Crippen molar-refractivity contribution in [2.24, 2.45) is 0 Å². The molecule has 23 heavy (non-hydrogen) atoms. The molecule has 0 spiro atoms. The molecule has 0 saturated carbocycles. The van der Waals surface area contributed by atoms with Crippen LogP contribution in [0, 0.1) is 5.82 Å². The monoisotopic (exact) mass is 319 g/mol. The number of nitrogens with zero attached hydrogens (tertiary/aromatic N) is 1. The van der Waals surface area contributed by atoms with Gasteiger partial charge in [0.25, 0.3) is 5.91 Å². The first kappa shape index (κ1) is 15.5. The number of hydrogen-bond donors (Lipinski definition) is 2. The van der Waals surface area contributed by atoms with Gasteiger partial charge in [-0.2, -0.15) is 0 Å². The fourth-order valence-corrected chi connectivity index (χ4v) is 2.85. The maximum Gasteiger partial charge on any atom is 0.319 e. The number of allylic oxidation sites excluding steroid dienone is 1. The normalized spacial score (nSPS) is 21.7. The second-order valence-electron chi connectivity index (χ2n) is 5.53. The predicted molar refractivity (Wildman–Crippen MR) is 80.9 cm³/mol. The van der Waals surface area contributed by atoms with Crippen molar-refractivity contribution in [2.75, 3.05) is 26.3 Å². The standard InChI is InChI=1S/C16H18FN3O3/c1-10-13(15(21)20-5-7-23-8-6-20)14(19-16(22)18-10)11-3-2-4-12(17)9-11/h2-4,9,14H,5-8H2,1H3,(H2,18,19,22)/t14-/m1/s1. The minimum Gasteiger partial charge on any atom is -0.378 e. The van der Waals surface area contributed by atoms with Crippen LogP contribution in [0.3, 0.4) is 0 Å². The summed E-state index contributed by atoms with van der Waals surface area (Å²) < 4.78 is 18.8. The lowest BCUT2D eigenvalue weighted by atomic mass is 9.94. The summed E-state index contributed by atoms with van der Waals surface area (Å²) in [5.74, 6) is -0.585. The SMILES string of the molecule is CC1=C(C(=O)N2CCOCC2)[C@@H](c2cccc(F)c2)NC(=O)N1. The number of ether oxygens (including phenoxy) is 1.